The van der Waals surface area contributed by atoms with Crippen molar-refractivity contribution in [3.63, 3.8) is 0 Å². The van der Waals surface area contributed by atoms with Crippen LogP contribution in [0.5, 0.6) is 5.75 Å². The van der Waals surface area contributed by atoms with E-state index in [2.05, 4.69) is 26.2 Å². The molecule has 0 saturated heterocycles. The van der Waals surface area contributed by atoms with Crippen LogP contribution in [-0.4, -0.2) is 18.0 Å². The van der Waals surface area contributed by atoms with Crippen LogP contribution >= 0.6 is 15.9 Å². The molecule has 0 spiro atoms. The number of pyridine rings is 1. The minimum Gasteiger partial charge on any atom is -0.496 e. The van der Waals surface area contributed by atoms with Crippen LogP contribution in [0.15, 0.2) is 41.0 Å². The Balaban J connectivity index is 2.14. The van der Waals surface area contributed by atoms with Crippen molar-refractivity contribution in [2.45, 2.75) is 0 Å². The van der Waals surface area contributed by atoms with Gasteiger partial charge < -0.3 is 10.1 Å². The van der Waals surface area contributed by atoms with Crippen molar-refractivity contribution in [2.24, 2.45) is 0 Å². The third-order valence-corrected chi connectivity index (χ3v) is 3.02. The highest BCUT2D eigenvalue weighted by Crippen LogP contribution is 2.27. The predicted molar refractivity (Wildman–Crippen MR) is 72.8 cm³/mol. The average Bonchev–Trinajstić information content (AvgIpc) is 2.39. The quantitative estimate of drug-likeness (QED) is 0.882. The molecule has 0 aliphatic carbocycles. The Bertz CT molecular complexity index is 602. The van der Waals surface area contributed by atoms with Gasteiger partial charge >= 0.3 is 0 Å². The van der Waals surface area contributed by atoms with Crippen LogP contribution in [0.4, 0.5) is 10.1 Å². The molecule has 0 atom stereocenters. The molecule has 1 aromatic heterocycles. The molecule has 0 saturated carbocycles. The van der Waals surface area contributed by atoms with Crippen LogP contribution in [0.1, 0.15) is 10.4 Å². The molecule has 2 rings (SSSR count). The van der Waals surface area contributed by atoms with Gasteiger partial charge in [-0.25, -0.2) is 4.98 Å². The zero-order valence-corrected chi connectivity index (χ0v) is 11.6. The molecule has 1 aromatic carbocycles. The lowest BCUT2D eigenvalue weighted by Gasteiger charge is -2.08. The van der Waals surface area contributed by atoms with Gasteiger partial charge in [0.05, 0.1) is 17.1 Å². The van der Waals surface area contributed by atoms with Crippen molar-refractivity contribution < 1.29 is 13.9 Å². The SMILES string of the molecule is COc1ccc(NC(=O)c2ccc(F)nc2)cc1Br. The van der Waals surface area contributed by atoms with E-state index < -0.39 is 5.95 Å². The fourth-order valence-corrected chi connectivity index (χ4v) is 2.00. The number of anilines is 1. The van der Waals surface area contributed by atoms with Crippen molar-refractivity contribution in [1.82, 2.24) is 4.98 Å². The van der Waals surface area contributed by atoms with E-state index in [1.165, 1.54) is 12.3 Å². The lowest BCUT2D eigenvalue weighted by Crippen LogP contribution is -2.12. The highest BCUT2D eigenvalue weighted by Gasteiger charge is 2.08. The maximum absolute atomic E-state index is 12.7. The second kappa shape index (κ2) is 5.79. The van der Waals surface area contributed by atoms with E-state index in [0.717, 1.165) is 10.5 Å². The van der Waals surface area contributed by atoms with Gasteiger partial charge in [-0.3, -0.25) is 4.79 Å². The number of benzene rings is 1. The zero-order valence-electron chi connectivity index (χ0n) is 9.98. The normalized spacial score (nSPS) is 10.1. The first-order valence-corrected chi connectivity index (χ1v) is 6.16. The van der Waals surface area contributed by atoms with Crippen molar-refractivity contribution in [3.05, 3.63) is 52.5 Å². The van der Waals surface area contributed by atoms with Crippen LogP contribution < -0.4 is 10.1 Å². The minimum absolute atomic E-state index is 0.286. The summed E-state index contributed by atoms with van der Waals surface area (Å²) in [5, 5.41) is 2.68. The third kappa shape index (κ3) is 3.29. The first-order chi connectivity index (χ1) is 9.10. The molecule has 0 aliphatic rings. The fraction of sp³-hybridized carbons (Fsp3) is 0.0769. The number of aromatic nitrogens is 1. The lowest BCUT2D eigenvalue weighted by atomic mass is 10.2. The Morgan fingerprint density at radius 2 is 2.16 bits per heavy atom. The van der Waals surface area contributed by atoms with E-state index in [4.69, 9.17) is 4.74 Å². The maximum atomic E-state index is 12.7. The van der Waals surface area contributed by atoms with Gasteiger partial charge in [0, 0.05) is 11.9 Å². The Morgan fingerprint density at radius 3 is 2.74 bits per heavy atom. The second-order valence-electron chi connectivity index (χ2n) is 3.67. The number of ether oxygens (including phenoxy) is 1. The Labute approximate surface area is 117 Å². The molecule has 4 nitrogen and oxygen atoms in total. The summed E-state index contributed by atoms with van der Waals surface area (Å²) < 4.78 is 18.5. The zero-order chi connectivity index (χ0) is 13.8. The molecule has 19 heavy (non-hydrogen) atoms. The highest BCUT2D eigenvalue weighted by atomic mass is 79.9. The molecular formula is C13H10BrFN2O2. The van der Waals surface area contributed by atoms with Crippen LogP contribution in [0.3, 0.4) is 0 Å². The summed E-state index contributed by atoms with van der Waals surface area (Å²) in [6, 6.07) is 7.66. The summed E-state index contributed by atoms with van der Waals surface area (Å²) in [6.45, 7) is 0. The van der Waals surface area contributed by atoms with Crippen molar-refractivity contribution in [1.29, 1.82) is 0 Å². The molecule has 0 bridgehead atoms. The molecule has 1 N–H and O–H groups in total. The summed E-state index contributed by atoms with van der Waals surface area (Å²) in [4.78, 5) is 15.3. The Hall–Kier alpha value is -1.95. The van der Waals surface area contributed by atoms with E-state index in [9.17, 15) is 9.18 Å². The molecule has 0 radical (unpaired) electrons. The van der Waals surface area contributed by atoms with E-state index in [0.29, 0.717) is 11.4 Å². The predicted octanol–water partition coefficient (Wildman–Crippen LogP) is 3.24. The number of carbonyl (C=O) groups excluding carboxylic acids is 1. The number of hydrogen-bond acceptors (Lipinski definition) is 3. The fourth-order valence-electron chi connectivity index (χ4n) is 1.46. The van der Waals surface area contributed by atoms with E-state index in [1.54, 1.807) is 25.3 Å². The molecule has 1 amide bonds. The molecule has 0 unspecified atom stereocenters. The van der Waals surface area contributed by atoms with Gasteiger partial charge in [-0.05, 0) is 46.3 Å². The summed E-state index contributed by atoms with van der Waals surface area (Å²) >= 11 is 3.32. The van der Waals surface area contributed by atoms with Gasteiger partial charge in [-0.15, -0.1) is 0 Å². The number of amides is 1. The van der Waals surface area contributed by atoms with Crippen molar-refractivity contribution in [2.75, 3.05) is 12.4 Å². The van der Waals surface area contributed by atoms with Crippen LogP contribution in [0, 0.1) is 5.95 Å². The van der Waals surface area contributed by atoms with Crippen LogP contribution in [0.25, 0.3) is 0 Å². The van der Waals surface area contributed by atoms with Gasteiger partial charge in [-0.2, -0.15) is 4.39 Å². The van der Waals surface area contributed by atoms with Gasteiger partial charge in [-0.1, -0.05) is 0 Å². The Morgan fingerprint density at radius 1 is 1.37 bits per heavy atom. The van der Waals surface area contributed by atoms with E-state index in [-0.39, 0.29) is 11.5 Å². The van der Waals surface area contributed by atoms with Gasteiger partial charge in [0.15, 0.2) is 0 Å². The smallest absolute Gasteiger partial charge is 0.257 e. The van der Waals surface area contributed by atoms with Gasteiger partial charge in [0.25, 0.3) is 5.91 Å². The molecule has 0 aliphatic heterocycles. The van der Waals surface area contributed by atoms with Gasteiger partial charge in [0.2, 0.25) is 5.95 Å². The van der Waals surface area contributed by atoms with Crippen LogP contribution in [-0.2, 0) is 0 Å². The summed E-state index contributed by atoms with van der Waals surface area (Å²) in [6.07, 6.45) is 1.18. The molecule has 2 aromatic rings. The van der Waals surface area contributed by atoms with Crippen molar-refractivity contribution in [3.8, 4) is 5.75 Å². The number of carbonyl (C=O) groups is 1. The number of halogens is 2. The largest absolute Gasteiger partial charge is 0.496 e. The molecule has 98 valence electrons. The first-order valence-electron chi connectivity index (χ1n) is 5.36. The van der Waals surface area contributed by atoms with E-state index >= 15 is 0 Å². The summed E-state index contributed by atoms with van der Waals surface area (Å²) in [5.41, 5.74) is 0.885. The number of hydrogen-bond donors (Lipinski definition) is 1. The first kappa shape index (κ1) is 13.5. The third-order valence-electron chi connectivity index (χ3n) is 2.40. The van der Waals surface area contributed by atoms with Crippen molar-refractivity contribution >= 4 is 27.5 Å². The number of rotatable bonds is 3. The molecule has 1 heterocycles. The number of nitrogens with zero attached hydrogens (tertiary/aromatic N) is 1. The Kier molecular flexibility index (Phi) is 4.11. The number of nitrogens with one attached hydrogen (secondary N) is 1. The van der Waals surface area contributed by atoms with Gasteiger partial charge in [0.1, 0.15) is 5.75 Å². The average molecular weight is 325 g/mol. The summed E-state index contributed by atoms with van der Waals surface area (Å²) in [7, 11) is 1.56. The van der Waals surface area contributed by atoms with E-state index in [1.807, 2.05) is 0 Å². The molecule has 0 fully saturated rings. The number of methoxy groups -OCH3 is 1. The summed E-state index contributed by atoms with van der Waals surface area (Å²) in [5.74, 6) is -0.310. The molecular weight excluding hydrogens is 315 g/mol. The standard InChI is InChI=1S/C13H10BrFN2O2/c1-19-11-4-3-9(6-10(11)14)17-13(18)8-2-5-12(15)16-7-8/h2-7H,1H3,(H,17,18). The second-order valence-corrected chi connectivity index (χ2v) is 4.53. The topological polar surface area (TPSA) is 51.2 Å². The minimum atomic E-state index is -0.622. The van der Waals surface area contributed by atoms with Crippen LogP contribution in [0.2, 0.25) is 0 Å². The monoisotopic (exact) mass is 324 g/mol. The maximum Gasteiger partial charge on any atom is 0.257 e. The molecule has 6 heteroatoms. The highest BCUT2D eigenvalue weighted by molar-refractivity contribution is 9.10. The lowest BCUT2D eigenvalue weighted by molar-refractivity contribution is 0.102.